The van der Waals surface area contributed by atoms with Gasteiger partial charge < -0.3 is 5.32 Å². The van der Waals surface area contributed by atoms with Crippen molar-refractivity contribution < 1.29 is 4.79 Å². The van der Waals surface area contributed by atoms with E-state index in [-0.39, 0.29) is 24.6 Å². The number of fused-ring (bicyclic) bond motifs is 1. The molecule has 0 atom stereocenters. The van der Waals surface area contributed by atoms with Crippen LogP contribution in [0.25, 0.3) is 10.9 Å². The summed E-state index contributed by atoms with van der Waals surface area (Å²) in [5, 5.41) is 15.0. The van der Waals surface area contributed by atoms with Crippen LogP contribution in [0.1, 0.15) is 0 Å². The van der Waals surface area contributed by atoms with E-state index < -0.39 is 0 Å². The molecule has 0 aliphatic heterocycles. The Kier molecular flexibility index (Phi) is 3.90. The van der Waals surface area contributed by atoms with Gasteiger partial charge in [-0.05, 0) is 18.2 Å². The summed E-state index contributed by atoms with van der Waals surface area (Å²) >= 11 is 0. The molecular formula is C14H14N6O2. The molecule has 2 aromatic heterocycles. The molecule has 8 heteroatoms. The number of nitrogens with zero attached hydrogens (tertiary/aromatic N) is 5. The molecule has 0 aliphatic carbocycles. The van der Waals surface area contributed by atoms with Crippen LogP contribution in [0.15, 0.2) is 47.5 Å². The fourth-order valence-corrected chi connectivity index (χ4v) is 2.07. The van der Waals surface area contributed by atoms with Gasteiger partial charge in [-0.1, -0.05) is 17.3 Å². The lowest BCUT2D eigenvalue weighted by atomic mass is 10.2. The summed E-state index contributed by atoms with van der Waals surface area (Å²) in [6, 6.07) is 8.77. The van der Waals surface area contributed by atoms with E-state index in [0.29, 0.717) is 17.4 Å². The molecule has 1 amide bonds. The van der Waals surface area contributed by atoms with Gasteiger partial charge in [0, 0.05) is 18.9 Å². The number of hydrogen-bond donors (Lipinski definition) is 1. The molecule has 112 valence electrons. The number of carbonyl (C=O) groups is 1. The molecule has 0 spiro atoms. The van der Waals surface area contributed by atoms with Gasteiger partial charge in [-0.3, -0.25) is 14.3 Å². The quantitative estimate of drug-likeness (QED) is 0.704. The molecule has 0 fully saturated rings. The second kappa shape index (κ2) is 6.17. The Morgan fingerprint density at radius 1 is 1.23 bits per heavy atom. The van der Waals surface area contributed by atoms with Crippen LogP contribution in [-0.4, -0.2) is 37.2 Å². The SMILES string of the molecule is O=C(Cn1cccn1)NCCn1nnc2ccccc2c1=O. The van der Waals surface area contributed by atoms with E-state index in [1.165, 1.54) is 9.36 Å². The highest BCUT2D eigenvalue weighted by Crippen LogP contribution is 2.02. The number of nitrogens with one attached hydrogen (secondary N) is 1. The lowest BCUT2D eigenvalue weighted by Gasteiger charge is -2.07. The van der Waals surface area contributed by atoms with Crippen LogP contribution in [0.3, 0.4) is 0 Å². The normalized spacial score (nSPS) is 10.7. The van der Waals surface area contributed by atoms with E-state index in [2.05, 4.69) is 20.7 Å². The molecule has 2 heterocycles. The molecule has 0 radical (unpaired) electrons. The maximum absolute atomic E-state index is 12.2. The Balaban J connectivity index is 1.61. The van der Waals surface area contributed by atoms with Crippen LogP contribution < -0.4 is 10.9 Å². The summed E-state index contributed by atoms with van der Waals surface area (Å²) in [6.07, 6.45) is 3.32. The lowest BCUT2D eigenvalue weighted by Crippen LogP contribution is -2.34. The molecule has 1 N–H and O–H groups in total. The molecule has 0 bridgehead atoms. The Hall–Kier alpha value is -3.03. The third-order valence-electron chi connectivity index (χ3n) is 3.14. The van der Waals surface area contributed by atoms with Gasteiger partial charge in [0.25, 0.3) is 5.56 Å². The van der Waals surface area contributed by atoms with E-state index in [0.717, 1.165) is 0 Å². The summed E-state index contributed by atoms with van der Waals surface area (Å²) in [5.41, 5.74) is 0.346. The molecule has 3 rings (SSSR count). The summed E-state index contributed by atoms with van der Waals surface area (Å²) in [5.74, 6) is -0.175. The zero-order chi connectivity index (χ0) is 15.4. The molecule has 0 unspecified atom stereocenters. The zero-order valence-corrected chi connectivity index (χ0v) is 11.7. The number of hydrogen-bond acceptors (Lipinski definition) is 5. The maximum atomic E-state index is 12.2. The average molecular weight is 298 g/mol. The summed E-state index contributed by atoms with van der Waals surface area (Å²) in [4.78, 5) is 23.9. The van der Waals surface area contributed by atoms with Crippen LogP contribution in [0.2, 0.25) is 0 Å². The maximum Gasteiger partial charge on any atom is 0.277 e. The first-order valence-corrected chi connectivity index (χ1v) is 6.81. The summed E-state index contributed by atoms with van der Waals surface area (Å²) in [7, 11) is 0. The molecule has 3 aromatic rings. The van der Waals surface area contributed by atoms with Crippen LogP contribution in [0.5, 0.6) is 0 Å². The van der Waals surface area contributed by atoms with Gasteiger partial charge >= 0.3 is 0 Å². The van der Waals surface area contributed by atoms with E-state index in [4.69, 9.17) is 0 Å². The second-order valence-corrected chi connectivity index (χ2v) is 4.69. The topological polar surface area (TPSA) is 94.7 Å². The fraction of sp³-hybridized carbons (Fsp3) is 0.214. The predicted molar refractivity (Wildman–Crippen MR) is 79.0 cm³/mol. The van der Waals surface area contributed by atoms with Gasteiger partial charge in [0.2, 0.25) is 5.91 Å². The van der Waals surface area contributed by atoms with Crippen molar-refractivity contribution in [3.63, 3.8) is 0 Å². The van der Waals surface area contributed by atoms with Crippen molar-refractivity contribution in [1.29, 1.82) is 0 Å². The highest BCUT2D eigenvalue weighted by molar-refractivity contribution is 5.76. The molecule has 1 aromatic carbocycles. The largest absolute Gasteiger partial charge is 0.353 e. The fourth-order valence-electron chi connectivity index (χ4n) is 2.07. The smallest absolute Gasteiger partial charge is 0.277 e. The van der Waals surface area contributed by atoms with E-state index in [9.17, 15) is 9.59 Å². The number of carbonyl (C=O) groups excluding carboxylic acids is 1. The highest BCUT2D eigenvalue weighted by Gasteiger charge is 2.06. The van der Waals surface area contributed by atoms with Crippen molar-refractivity contribution in [1.82, 2.24) is 30.1 Å². The number of aromatic nitrogens is 5. The van der Waals surface area contributed by atoms with Crippen molar-refractivity contribution in [2.45, 2.75) is 13.1 Å². The molecule has 0 aliphatic rings. The van der Waals surface area contributed by atoms with Crippen molar-refractivity contribution in [2.24, 2.45) is 0 Å². The first-order chi connectivity index (χ1) is 10.7. The van der Waals surface area contributed by atoms with Crippen LogP contribution in [0, 0.1) is 0 Å². The predicted octanol–water partition coefficient (Wildman–Crippen LogP) is -0.196. The standard InChI is InChI=1S/C14H14N6O2/c21-13(10-19-8-3-6-16-19)15-7-9-20-14(22)11-4-1-2-5-12(11)17-18-20/h1-6,8H,7,9-10H2,(H,15,21). The Morgan fingerprint density at radius 2 is 2.09 bits per heavy atom. The van der Waals surface area contributed by atoms with Gasteiger partial charge in [-0.2, -0.15) is 5.10 Å². The van der Waals surface area contributed by atoms with Crippen molar-refractivity contribution >= 4 is 16.8 Å². The van der Waals surface area contributed by atoms with Crippen LogP contribution in [-0.2, 0) is 17.9 Å². The minimum Gasteiger partial charge on any atom is -0.353 e. The summed E-state index contributed by atoms with van der Waals surface area (Å²) in [6.45, 7) is 0.708. The van der Waals surface area contributed by atoms with Gasteiger partial charge in [-0.15, -0.1) is 5.10 Å². The molecule has 22 heavy (non-hydrogen) atoms. The van der Waals surface area contributed by atoms with Gasteiger partial charge in [-0.25, -0.2) is 4.68 Å². The summed E-state index contributed by atoms with van der Waals surface area (Å²) < 4.78 is 2.77. The van der Waals surface area contributed by atoms with E-state index >= 15 is 0 Å². The molecular weight excluding hydrogens is 284 g/mol. The number of rotatable bonds is 5. The minimum atomic E-state index is -0.216. The van der Waals surface area contributed by atoms with Crippen LogP contribution >= 0.6 is 0 Å². The van der Waals surface area contributed by atoms with Crippen molar-refractivity contribution in [3.05, 3.63) is 53.1 Å². The monoisotopic (exact) mass is 298 g/mol. The van der Waals surface area contributed by atoms with Gasteiger partial charge in [0.15, 0.2) is 0 Å². The second-order valence-electron chi connectivity index (χ2n) is 4.69. The Labute approximate surface area is 125 Å². The van der Waals surface area contributed by atoms with Crippen molar-refractivity contribution in [3.8, 4) is 0 Å². The number of benzene rings is 1. The Bertz CT molecular complexity index is 840. The van der Waals surface area contributed by atoms with Gasteiger partial charge in [0.05, 0.1) is 11.9 Å². The Morgan fingerprint density at radius 3 is 2.91 bits per heavy atom. The zero-order valence-electron chi connectivity index (χ0n) is 11.7. The highest BCUT2D eigenvalue weighted by atomic mass is 16.2. The first-order valence-electron chi connectivity index (χ1n) is 6.81. The molecule has 0 saturated heterocycles. The van der Waals surface area contributed by atoms with Crippen molar-refractivity contribution in [2.75, 3.05) is 6.54 Å². The van der Waals surface area contributed by atoms with E-state index in [1.54, 1.807) is 42.7 Å². The first kappa shape index (κ1) is 13.9. The van der Waals surface area contributed by atoms with Crippen LogP contribution in [0.4, 0.5) is 0 Å². The average Bonchev–Trinajstić information content (AvgIpc) is 3.03. The molecule has 8 nitrogen and oxygen atoms in total. The lowest BCUT2D eigenvalue weighted by molar-refractivity contribution is -0.121. The third-order valence-corrected chi connectivity index (χ3v) is 3.14. The molecule has 0 saturated carbocycles. The number of amides is 1. The van der Waals surface area contributed by atoms with E-state index in [1.807, 2.05) is 0 Å². The minimum absolute atomic E-state index is 0.144. The third kappa shape index (κ3) is 3.00. The van der Waals surface area contributed by atoms with Gasteiger partial charge in [0.1, 0.15) is 12.1 Å².